The van der Waals surface area contributed by atoms with Crippen molar-refractivity contribution < 1.29 is 28.1 Å². The fraction of sp³-hybridized carbons (Fsp3) is 0.395. The van der Waals surface area contributed by atoms with Gasteiger partial charge in [0.1, 0.15) is 28.7 Å². The molecular weight excluding hydrogens is 742 g/mol. The second-order valence-electron chi connectivity index (χ2n) is 15.2. The zero-order valence-corrected chi connectivity index (χ0v) is 34.5. The molecule has 2 aromatic carbocycles. The van der Waals surface area contributed by atoms with Gasteiger partial charge >= 0.3 is 6.09 Å². The average molecular weight is 794 g/mol. The van der Waals surface area contributed by atoms with Gasteiger partial charge in [0.25, 0.3) is 0 Å². The first-order chi connectivity index (χ1) is 27.8. The third kappa shape index (κ3) is 10.8. The van der Waals surface area contributed by atoms with Gasteiger partial charge in [-0.3, -0.25) is 4.90 Å². The SMILES string of the molecule is COc1ccc(CN(Cc2ccc(OC)cc2)c2nc(C)nc(-c3cc(CCN4CCN(C(=O)OC(C)(C)C)C[C@@H]4C)cnc3Nc3cnc(OC)c(F)c3)n2)cc1. The summed E-state index contributed by atoms with van der Waals surface area (Å²) in [4.78, 5) is 42.6. The van der Waals surface area contributed by atoms with Crippen molar-refractivity contribution in [2.24, 2.45) is 0 Å². The van der Waals surface area contributed by atoms with E-state index in [1.54, 1.807) is 25.3 Å². The van der Waals surface area contributed by atoms with Crippen molar-refractivity contribution >= 4 is 23.5 Å². The Bertz CT molecular complexity index is 2120. The smallest absolute Gasteiger partial charge is 0.410 e. The van der Waals surface area contributed by atoms with Crippen molar-refractivity contribution in [3.8, 4) is 28.8 Å². The van der Waals surface area contributed by atoms with Crippen LogP contribution in [0.3, 0.4) is 0 Å². The van der Waals surface area contributed by atoms with Crippen LogP contribution in [-0.4, -0.2) is 100.0 Å². The molecule has 306 valence electrons. The number of anilines is 3. The van der Waals surface area contributed by atoms with E-state index in [9.17, 15) is 9.18 Å². The molecule has 15 heteroatoms. The van der Waals surface area contributed by atoms with Crippen LogP contribution in [0.25, 0.3) is 11.4 Å². The number of benzene rings is 2. The highest BCUT2D eigenvalue weighted by Crippen LogP contribution is 2.31. The highest BCUT2D eigenvalue weighted by Gasteiger charge is 2.30. The molecule has 0 aliphatic carbocycles. The van der Waals surface area contributed by atoms with Gasteiger partial charge in [-0.1, -0.05) is 24.3 Å². The molecule has 3 aromatic heterocycles. The van der Waals surface area contributed by atoms with E-state index in [0.29, 0.717) is 73.8 Å². The third-order valence-corrected chi connectivity index (χ3v) is 9.64. The summed E-state index contributed by atoms with van der Waals surface area (Å²) in [5.74, 6) is 2.61. The summed E-state index contributed by atoms with van der Waals surface area (Å²) in [7, 11) is 4.65. The number of ether oxygens (including phenoxy) is 4. The van der Waals surface area contributed by atoms with E-state index >= 15 is 0 Å². The fourth-order valence-electron chi connectivity index (χ4n) is 6.62. The standard InChI is InChI=1S/C43H52FN9O5/c1-28-25-52(42(54)58-43(3,4)5)20-19-51(28)18-17-32-21-36(38(45-23-32)49-33-22-37(44)40(57-8)46-24-33)39-47-29(2)48-41(50-39)53(26-30-9-13-34(55-6)14-10-30)27-31-11-15-35(56-7)16-12-31/h9-16,21-24,28H,17-20,25-27H2,1-8H3,(H,45,49)/t28-/m0/s1. The molecule has 6 rings (SSSR count). The molecule has 1 atom stereocenters. The topological polar surface area (TPSA) is 140 Å². The lowest BCUT2D eigenvalue weighted by atomic mass is 10.1. The lowest BCUT2D eigenvalue weighted by molar-refractivity contribution is 0.00597. The first kappa shape index (κ1) is 41.5. The zero-order valence-electron chi connectivity index (χ0n) is 34.5. The van der Waals surface area contributed by atoms with Crippen molar-refractivity contribution in [2.45, 2.75) is 65.8 Å². The molecule has 1 aliphatic heterocycles. The maximum Gasteiger partial charge on any atom is 0.410 e. The van der Waals surface area contributed by atoms with Gasteiger partial charge < -0.3 is 34.1 Å². The van der Waals surface area contributed by atoms with Gasteiger partial charge in [-0.25, -0.2) is 24.1 Å². The van der Waals surface area contributed by atoms with Crippen LogP contribution in [0, 0.1) is 12.7 Å². The van der Waals surface area contributed by atoms with Crippen LogP contribution in [0.5, 0.6) is 17.4 Å². The minimum Gasteiger partial charge on any atom is -0.497 e. The molecule has 1 saturated heterocycles. The number of halogens is 1. The van der Waals surface area contributed by atoms with Crippen LogP contribution in [-0.2, 0) is 24.2 Å². The number of aryl methyl sites for hydroxylation is 1. The minimum absolute atomic E-state index is 0.109. The van der Waals surface area contributed by atoms with Crippen molar-refractivity contribution in [1.82, 2.24) is 34.7 Å². The van der Waals surface area contributed by atoms with E-state index in [-0.39, 0.29) is 18.0 Å². The van der Waals surface area contributed by atoms with Crippen molar-refractivity contribution in [1.29, 1.82) is 0 Å². The number of nitrogens with zero attached hydrogens (tertiary/aromatic N) is 8. The quantitative estimate of drug-likeness (QED) is 0.121. The summed E-state index contributed by atoms with van der Waals surface area (Å²) in [5.41, 5.74) is 3.46. The summed E-state index contributed by atoms with van der Waals surface area (Å²) < 4.78 is 36.2. The predicted octanol–water partition coefficient (Wildman–Crippen LogP) is 7.24. The van der Waals surface area contributed by atoms with E-state index in [1.165, 1.54) is 19.4 Å². The molecule has 4 heterocycles. The second kappa shape index (κ2) is 18.4. The van der Waals surface area contributed by atoms with Crippen molar-refractivity contribution in [3.63, 3.8) is 0 Å². The zero-order chi connectivity index (χ0) is 41.4. The van der Waals surface area contributed by atoms with Crippen LogP contribution in [0.15, 0.2) is 73.1 Å². The molecule has 1 N–H and O–H groups in total. The highest BCUT2D eigenvalue weighted by atomic mass is 19.1. The van der Waals surface area contributed by atoms with Gasteiger partial charge in [0.05, 0.1) is 38.8 Å². The number of hydrogen-bond acceptors (Lipinski definition) is 13. The largest absolute Gasteiger partial charge is 0.497 e. The van der Waals surface area contributed by atoms with E-state index in [0.717, 1.165) is 34.7 Å². The van der Waals surface area contributed by atoms with Gasteiger partial charge in [0.15, 0.2) is 11.6 Å². The molecule has 1 fully saturated rings. The molecule has 0 unspecified atom stereocenters. The maximum absolute atomic E-state index is 14.8. The van der Waals surface area contributed by atoms with Crippen LogP contribution in [0.2, 0.25) is 0 Å². The predicted molar refractivity (Wildman–Crippen MR) is 220 cm³/mol. The number of carbonyl (C=O) groups excluding carboxylic acids is 1. The Morgan fingerprint density at radius 1 is 0.862 bits per heavy atom. The Balaban J connectivity index is 1.32. The van der Waals surface area contributed by atoms with Crippen LogP contribution in [0.4, 0.5) is 26.6 Å². The number of pyridine rings is 2. The Morgan fingerprint density at radius 2 is 1.52 bits per heavy atom. The number of aromatic nitrogens is 5. The summed E-state index contributed by atoms with van der Waals surface area (Å²) in [6.45, 7) is 13.2. The van der Waals surface area contributed by atoms with Crippen molar-refractivity contribution in [3.05, 3.63) is 101 Å². The van der Waals surface area contributed by atoms with Gasteiger partial charge in [-0.15, -0.1) is 0 Å². The molecule has 0 spiro atoms. The monoisotopic (exact) mass is 793 g/mol. The van der Waals surface area contributed by atoms with E-state index in [2.05, 4.69) is 27.0 Å². The molecule has 1 amide bonds. The fourth-order valence-corrected chi connectivity index (χ4v) is 6.62. The number of nitrogens with one attached hydrogen (secondary N) is 1. The van der Waals surface area contributed by atoms with E-state index < -0.39 is 11.4 Å². The number of methoxy groups -OCH3 is 3. The van der Waals surface area contributed by atoms with Crippen LogP contribution >= 0.6 is 0 Å². The first-order valence-electron chi connectivity index (χ1n) is 19.2. The molecular formula is C43H52FN9O5. The summed E-state index contributed by atoms with van der Waals surface area (Å²) >= 11 is 0. The molecule has 0 radical (unpaired) electrons. The molecule has 1 aliphatic rings. The van der Waals surface area contributed by atoms with Crippen molar-refractivity contribution in [2.75, 3.05) is 57.7 Å². The van der Waals surface area contributed by atoms with Gasteiger partial charge in [0.2, 0.25) is 11.8 Å². The summed E-state index contributed by atoms with van der Waals surface area (Å²) in [5, 5.41) is 3.24. The first-order valence-corrected chi connectivity index (χ1v) is 19.2. The number of carbonyl (C=O) groups is 1. The number of rotatable bonds is 14. The van der Waals surface area contributed by atoms with Gasteiger partial charge in [-0.05, 0) is 88.1 Å². The van der Waals surface area contributed by atoms with Crippen LogP contribution in [0.1, 0.15) is 50.2 Å². The van der Waals surface area contributed by atoms with Gasteiger partial charge in [-0.2, -0.15) is 9.97 Å². The lowest BCUT2D eigenvalue weighted by Crippen LogP contribution is -2.54. The third-order valence-electron chi connectivity index (χ3n) is 9.64. The Morgan fingerprint density at radius 3 is 2.09 bits per heavy atom. The number of piperazine rings is 1. The summed E-state index contributed by atoms with van der Waals surface area (Å²) in [6, 6.07) is 19.2. The number of amides is 1. The Kier molecular flexibility index (Phi) is 13.2. The normalized spacial score (nSPS) is 14.5. The molecule has 0 bridgehead atoms. The Labute approximate surface area is 339 Å². The highest BCUT2D eigenvalue weighted by molar-refractivity contribution is 5.75. The van der Waals surface area contributed by atoms with E-state index in [1.807, 2.05) is 82.3 Å². The second-order valence-corrected chi connectivity index (χ2v) is 15.2. The minimum atomic E-state index is -0.613. The van der Waals surface area contributed by atoms with Crippen LogP contribution < -0.4 is 24.4 Å². The van der Waals surface area contributed by atoms with Gasteiger partial charge in [0, 0.05) is 57.6 Å². The maximum atomic E-state index is 14.8. The number of hydrogen-bond donors (Lipinski definition) is 1. The molecule has 58 heavy (non-hydrogen) atoms. The van der Waals surface area contributed by atoms with E-state index in [4.69, 9.17) is 38.9 Å². The average Bonchev–Trinajstić information content (AvgIpc) is 3.20. The molecule has 5 aromatic rings. The lowest BCUT2D eigenvalue weighted by Gasteiger charge is -2.40. The molecule has 0 saturated carbocycles. The summed E-state index contributed by atoms with van der Waals surface area (Å²) in [6.07, 6.45) is 3.67. The Hall–Kier alpha value is -6.09. The molecule has 14 nitrogen and oxygen atoms in total.